The maximum absolute atomic E-state index is 16.7. The van der Waals surface area contributed by atoms with Gasteiger partial charge in [0.25, 0.3) is 0 Å². The number of aromatic nitrogens is 2. The van der Waals surface area contributed by atoms with Gasteiger partial charge in [0.05, 0.1) is 46.7 Å². The summed E-state index contributed by atoms with van der Waals surface area (Å²) >= 11 is 0. The first kappa shape index (κ1) is 73.6. The summed E-state index contributed by atoms with van der Waals surface area (Å²) in [6.07, 6.45) is 1.53. The SMILES string of the molecule is Cc1ccc2c3ccc(C(C)(C)C)cc3n(-c3cc(C(C)(C)CC(C)(C)C)cc(-c4cc(F)cc(F)c4OCCCOc4c(F)cc(F)cc4-c4cc(C(C)(C)CC(C)(C)C)cc(-n5c6cc(C(C)(C)C)ccc6c6ccc(C(C)(C)C)cc65)c4O)c3O)c2c1.[CH3-].[CH3-].[Zr+2]. The van der Waals surface area contributed by atoms with Crippen molar-refractivity contribution in [3.05, 3.63) is 193 Å². The van der Waals surface area contributed by atoms with Crippen molar-refractivity contribution in [3.8, 4) is 56.6 Å². The number of aromatic hydroxyl groups is 2. The Labute approximate surface area is 570 Å². The van der Waals surface area contributed by atoms with Gasteiger partial charge in [0, 0.05) is 62.4 Å². The molecule has 0 aliphatic carbocycles. The van der Waals surface area contributed by atoms with Crippen molar-refractivity contribution >= 4 is 43.6 Å². The normalized spacial score (nSPS) is 12.8. The van der Waals surface area contributed by atoms with Gasteiger partial charge in [-0.25, -0.2) is 17.6 Å². The molecule has 6 nitrogen and oxygen atoms in total. The molecule has 93 heavy (non-hydrogen) atoms. The summed E-state index contributed by atoms with van der Waals surface area (Å²) in [7, 11) is 0. The van der Waals surface area contributed by atoms with E-state index >= 15 is 17.6 Å². The fourth-order valence-electron chi connectivity index (χ4n) is 13.9. The summed E-state index contributed by atoms with van der Waals surface area (Å²) in [5.41, 5.74) is 8.87. The number of hydrogen-bond donors (Lipinski definition) is 2. The molecule has 0 bridgehead atoms. The Bertz CT molecular complexity index is 4380. The maximum Gasteiger partial charge on any atom is 2.00 e. The number of benzene rings is 8. The number of halogens is 4. The molecular formula is C82H98F4N2O4Zr. The first-order valence-electron chi connectivity index (χ1n) is 31.8. The van der Waals surface area contributed by atoms with E-state index in [1.165, 1.54) is 12.1 Å². The van der Waals surface area contributed by atoms with Crippen molar-refractivity contribution in [3.63, 3.8) is 0 Å². The van der Waals surface area contributed by atoms with Crippen LogP contribution in [0.4, 0.5) is 17.6 Å². The molecule has 0 aliphatic rings. The van der Waals surface area contributed by atoms with Crippen LogP contribution in [-0.4, -0.2) is 32.6 Å². The number of rotatable bonds is 14. The number of phenolic OH excluding ortho intramolecular Hbond substituents is 2. The molecule has 0 amide bonds. The van der Waals surface area contributed by atoms with E-state index in [0.717, 1.165) is 102 Å². The fourth-order valence-corrected chi connectivity index (χ4v) is 13.9. The molecule has 492 valence electrons. The molecular weight excluding hydrogens is 1240 g/mol. The molecule has 10 rings (SSSR count). The van der Waals surface area contributed by atoms with Crippen molar-refractivity contribution in [1.29, 1.82) is 0 Å². The molecule has 2 N–H and O–H groups in total. The van der Waals surface area contributed by atoms with Gasteiger partial charge < -0.3 is 43.7 Å². The van der Waals surface area contributed by atoms with E-state index in [1.54, 1.807) is 0 Å². The molecule has 2 aromatic heterocycles. The summed E-state index contributed by atoms with van der Waals surface area (Å²) < 4.78 is 82.2. The second kappa shape index (κ2) is 26.1. The van der Waals surface area contributed by atoms with Crippen LogP contribution in [0.3, 0.4) is 0 Å². The summed E-state index contributed by atoms with van der Waals surface area (Å²) in [6, 6.07) is 37.2. The van der Waals surface area contributed by atoms with Crippen LogP contribution in [0, 0.1) is 55.9 Å². The largest absolute Gasteiger partial charge is 2.00 e. The minimum absolute atomic E-state index is 0. The van der Waals surface area contributed by atoms with Crippen LogP contribution < -0.4 is 9.47 Å². The van der Waals surface area contributed by atoms with Crippen LogP contribution in [0.15, 0.2) is 121 Å². The van der Waals surface area contributed by atoms with E-state index in [2.05, 4.69) is 213 Å². The zero-order chi connectivity index (χ0) is 65.9. The van der Waals surface area contributed by atoms with E-state index in [1.807, 2.05) is 31.2 Å². The van der Waals surface area contributed by atoms with E-state index in [-0.39, 0.29) is 133 Å². The summed E-state index contributed by atoms with van der Waals surface area (Å²) in [6.45, 7) is 42.8. The Morgan fingerprint density at radius 3 is 1.00 bits per heavy atom. The van der Waals surface area contributed by atoms with Crippen molar-refractivity contribution in [2.45, 2.75) is 185 Å². The molecule has 0 saturated carbocycles. The average molecular weight is 1340 g/mol. The van der Waals surface area contributed by atoms with Crippen LogP contribution in [0.25, 0.3) is 77.2 Å². The Hall–Kier alpha value is -6.84. The third-order valence-electron chi connectivity index (χ3n) is 17.8. The van der Waals surface area contributed by atoms with Gasteiger partial charge >= 0.3 is 26.2 Å². The predicted octanol–water partition coefficient (Wildman–Crippen LogP) is 23.6. The Morgan fingerprint density at radius 2 is 0.688 bits per heavy atom. The van der Waals surface area contributed by atoms with Crippen LogP contribution in [0.1, 0.15) is 184 Å². The fraction of sp³-hybridized carbons (Fsp3) is 0.390. The molecule has 0 radical (unpaired) electrons. The maximum atomic E-state index is 16.7. The van der Waals surface area contributed by atoms with E-state index in [4.69, 9.17) is 9.47 Å². The number of fused-ring (bicyclic) bond motifs is 6. The van der Waals surface area contributed by atoms with Gasteiger partial charge in [-0.1, -0.05) is 180 Å². The molecule has 0 aliphatic heterocycles. The van der Waals surface area contributed by atoms with Crippen LogP contribution >= 0.6 is 0 Å². The van der Waals surface area contributed by atoms with E-state index in [9.17, 15) is 10.2 Å². The second-order valence-electron chi connectivity index (χ2n) is 32.2. The number of aryl methyl sites for hydroxylation is 1. The van der Waals surface area contributed by atoms with Crippen molar-refractivity contribution in [2.24, 2.45) is 10.8 Å². The number of hydrogen-bond acceptors (Lipinski definition) is 4. The molecule has 0 spiro atoms. The van der Waals surface area contributed by atoms with E-state index < -0.39 is 34.1 Å². The quantitative estimate of drug-likeness (QED) is 0.0647. The molecule has 0 fully saturated rings. The molecule has 0 atom stereocenters. The van der Waals surface area contributed by atoms with Gasteiger partial charge in [-0.2, -0.15) is 0 Å². The third-order valence-corrected chi connectivity index (χ3v) is 17.8. The average Bonchev–Trinajstić information content (AvgIpc) is 1.64. The van der Waals surface area contributed by atoms with Crippen molar-refractivity contribution in [1.82, 2.24) is 9.13 Å². The van der Waals surface area contributed by atoms with E-state index in [0.29, 0.717) is 11.4 Å². The molecule has 11 heteroatoms. The van der Waals surface area contributed by atoms with Crippen LogP contribution in [-0.2, 0) is 53.3 Å². The molecule has 2 heterocycles. The first-order valence-corrected chi connectivity index (χ1v) is 31.8. The molecule has 10 aromatic rings. The van der Waals surface area contributed by atoms with Crippen molar-refractivity contribution < 1.29 is 63.5 Å². The zero-order valence-electron chi connectivity index (χ0n) is 59.2. The third kappa shape index (κ3) is 14.8. The minimum Gasteiger partial charge on any atom is -0.505 e. The summed E-state index contributed by atoms with van der Waals surface area (Å²) in [5.74, 6) is -4.63. The van der Waals surface area contributed by atoms with Crippen molar-refractivity contribution in [2.75, 3.05) is 13.2 Å². The number of phenols is 2. The number of ether oxygens (including phenoxy) is 2. The van der Waals surface area contributed by atoms with Gasteiger partial charge in [0.2, 0.25) is 0 Å². The Morgan fingerprint density at radius 1 is 0.376 bits per heavy atom. The molecule has 0 unspecified atom stereocenters. The molecule has 0 saturated heterocycles. The van der Waals surface area contributed by atoms with Gasteiger partial charge in [-0.05, 0) is 152 Å². The first-order chi connectivity index (χ1) is 41.6. The standard InChI is InChI=1S/C80H92F4N2O4.2CH3.Zr/c1-46-22-26-54-55-27-23-47(76(8,9)10)35-65(55)85(64(54)32-46)68-38-50(79(17,18)44-74(2,3)4)33-58(70(68)87)60-40-52(81)42-62(83)72(60)89-30-21-31-90-73-61(41-53(82)43-63(73)84)59-34-51(80(19,20)45-75(5,6)7)39-69(71(59)88)86-66-36-48(77(11,12)13)24-28-56(66)57-29-25-49(37-67(57)86)78(14,15)16;;;/h22-29,32-43,87-88H,21,30-31,44-45H2,1-20H3;2*1H3;/q;2*-1;+2. The summed E-state index contributed by atoms with van der Waals surface area (Å²) in [4.78, 5) is 0. The zero-order valence-corrected chi connectivity index (χ0v) is 61.7. The summed E-state index contributed by atoms with van der Waals surface area (Å²) in [5, 5.41) is 29.9. The van der Waals surface area contributed by atoms with Gasteiger partial charge in [-0.15, -0.1) is 0 Å². The monoisotopic (exact) mass is 1340 g/mol. The topological polar surface area (TPSA) is 68.8 Å². The second-order valence-corrected chi connectivity index (χ2v) is 32.2. The van der Waals surface area contributed by atoms with Crippen LogP contribution in [0.2, 0.25) is 0 Å². The smallest absolute Gasteiger partial charge is 0.505 e. The van der Waals surface area contributed by atoms with Gasteiger partial charge in [0.15, 0.2) is 23.1 Å². The van der Waals surface area contributed by atoms with Gasteiger partial charge in [-0.3, -0.25) is 0 Å². The van der Waals surface area contributed by atoms with Crippen LogP contribution in [0.5, 0.6) is 23.0 Å². The van der Waals surface area contributed by atoms with Gasteiger partial charge in [0.1, 0.15) is 23.1 Å². The Kier molecular flexibility index (Phi) is 20.6. The Balaban J connectivity index is 0.00000408. The number of nitrogens with zero attached hydrogens (tertiary/aromatic N) is 2. The minimum atomic E-state index is -0.979. The predicted molar refractivity (Wildman–Crippen MR) is 379 cm³/mol. The molecule has 8 aromatic carbocycles.